The Balaban J connectivity index is 1.74. The summed E-state index contributed by atoms with van der Waals surface area (Å²) in [5.41, 5.74) is 0.290. The lowest BCUT2D eigenvalue weighted by Crippen LogP contribution is -2.67. The monoisotopic (exact) mass is 237 g/mol. The normalized spacial score (nSPS) is 46.1. The molecule has 4 fully saturated rings. The SMILES string of the molecule is CC1CNC(C)(C)CN1C1CN2CCC1CC2. The Bertz CT molecular complexity index is 281. The number of rotatable bonds is 1. The van der Waals surface area contributed by atoms with Crippen LogP contribution in [-0.4, -0.2) is 60.1 Å². The van der Waals surface area contributed by atoms with Crippen molar-refractivity contribution >= 4 is 0 Å². The van der Waals surface area contributed by atoms with E-state index >= 15 is 0 Å². The second kappa shape index (κ2) is 4.22. The Labute approximate surface area is 106 Å². The van der Waals surface area contributed by atoms with Crippen molar-refractivity contribution in [3.63, 3.8) is 0 Å². The van der Waals surface area contributed by atoms with Gasteiger partial charge in [0.05, 0.1) is 0 Å². The first-order chi connectivity index (χ1) is 8.05. The minimum Gasteiger partial charge on any atom is -0.309 e. The van der Waals surface area contributed by atoms with Crippen molar-refractivity contribution < 1.29 is 0 Å². The topological polar surface area (TPSA) is 18.5 Å². The van der Waals surface area contributed by atoms with Gasteiger partial charge in [0.1, 0.15) is 0 Å². The number of nitrogens with one attached hydrogen (secondary N) is 1. The van der Waals surface area contributed by atoms with E-state index in [4.69, 9.17) is 0 Å². The fourth-order valence-corrected chi connectivity index (χ4v) is 3.96. The molecule has 98 valence electrons. The molecule has 0 aromatic heterocycles. The molecule has 0 amide bonds. The molecule has 17 heavy (non-hydrogen) atoms. The summed E-state index contributed by atoms with van der Waals surface area (Å²) in [4.78, 5) is 5.47. The van der Waals surface area contributed by atoms with Crippen LogP contribution >= 0.6 is 0 Å². The van der Waals surface area contributed by atoms with Crippen LogP contribution in [0.2, 0.25) is 0 Å². The highest BCUT2D eigenvalue weighted by Crippen LogP contribution is 2.33. The predicted molar refractivity (Wildman–Crippen MR) is 71.2 cm³/mol. The Hall–Kier alpha value is -0.120. The van der Waals surface area contributed by atoms with E-state index < -0.39 is 0 Å². The number of piperazine rings is 1. The van der Waals surface area contributed by atoms with Crippen molar-refractivity contribution in [1.29, 1.82) is 0 Å². The summed E-state index contributed by atoms with van der Waals surface area (Å²) in [6.07, 6.45) is 2.86. The average molecular weight is 237 g/mol. The Morgan fingerprint density at radius 3 is 2.47 bits per heavy atom. The zero-order valence-corrected chi connectivity index (χ0v) is 11.6. The molecule has 4 saturated heterocycles. The number of piperidine rings is 3. The van der Waals surface area contributed by atoms with Crippen molar-refractivity contribution in [1.82, 2.24) is 15.1 Å². The van der Waals surface area contributed by atoms with Crippen LogP contribution in [0.5, 0.6) is 0 Å². The third-order valence-electron chi connectivity index (χ3n) is 5.07. The Morgan fingerprint density at radius 2 is 1.88 bits per heavy atom. The van der Waals surface area contributed by atoms with E-state index in [1.807, 2.05) is 0 Å². The Morgan fingerprint density at radius 1 is 1.18 bits per heavy atom. The number of fused-ring (bicyclic) bond motifs is 3. The number of nitrogens with zero attached hydrogens (tertiary/aromatic N) is 2. The van der Waals surface area contributed by atoms with Crippen LogP contribution in [0.15, 0.2) is 0 Å². The third kappa shape index (κ3) is 2.25. The van der Waals surface area contributed by atoms with E-state index in [9.17, 15) is 0 Å². The van der Waals surface area contributed by atoms with Crippen molar-refractivity contribution in [2.24, 2.45) is 5.92 Å². The zero-order chi connectivity index (χ0) is 12.0. The van der Waals surface area contributed by atoms with E-state index in [1.165, 1.54) is 39.0 Å². The van der Waals surface area contributed by atoms with Gasteiger partial charge in [-0.05, 0) is 52.6 Å². The van der Waals surface area contributed by atoms with E-state index in [-0.39, 0.29) is 0 Å². The molecule has 4 aliphatic heterocycles. The highest BCUT2D eigenvalue weighted by Gasteiger charge is 2.42. The van der Waals surface area contributed by atoms with Crippen LogP contribution in [0.3, 0.4) is 0 Å². The molecule has 0 aromatic rings. The zero-order valence-electron chi connectivity index (χ0n) is 11.6. The van der Waals surface area contributed by atoms with Crippen molar-refractivity contribution in [3.8, 4) is 0 Å². The molecule has 4 heterocycles. The minimum absolute atomic E-state index is 0.290. The van der Waals surface area contributed by atoms with Gasteiger partial charge in [-0.15, -0.1) is 0 Å². The predicted octanol–water partition coefficient (Wildman–Crippen LogP) is 1.15. The van der Waals surface area contributed by atoms with Crippen LogP contribution in [0, 0.1) is 5.92 Å². The minimum atomic E-state index is 0.290. The highest BCUT2D eigenvalue weighted by atomic mass is 15.3. The average Bonchev–Trinajstić information content (AvgIpc) is 2.34. The lowest BCUT2D eigenvalue weighted by Gasteiger charge is -2.54. The quantitative estimate of drug-likeness (QED) is 0.738. The highest BCUT2D eigenvalue weighted by molar-refractivity contribution is 4.99. The molecular weight excluding hydrogens is 210 g/mol. The lowest BCUT2D eigenvalue weighted by molar-refractivity contribution is -0.0361. The maximum absolute atomic E-state index is 3.67. The molecule has 0 aromatic carbocycles. The van der Waals surface area contributed by atoms with Crippen LogP contribution in [0.4, 0.5) is 0 Å². The van der Waals surface area contributed by atoms with Crippen molar-refractivity contribution in [3.05, 3.63) is 0 Å². The lowest BCUT2D eigenvalue weighted by atomic mass is 9.81. The molecule has 3 heteroatoms. The van der Waals surface area contributed by atoms with E-state index in [2.05, 4.69) is 35.9 Å². The van der Waals surface area contributed by atoms with Gasteiger partial charge in [-0.25, -0.2) is 0 Å². The molecule has 0 spiro atoms. The van der Waals surface area contributed by atoms with Crippen LogP contribution in [-0.2, 0) is 0 Å². The fraction of sp³-hybridized carbons (Fsp3) is 1.00. The summed E-state index contributed by atoms with van der Waals surface area (Å²) in [5, 5.41) is 3.67. The first-order valence-electron chi connectivity index (χ1n) is 7.28. The Kier molecular flexibility index (Phi) is 2.96. The van der Waals surface area contributed by atoms with E-state index in [0.717, 1.165) is 18.5 Å². The molecule has 2 bridgehead atoms. The summed E-state index contributed by atoms with van der Waals surface area (Å²) in [7, 11) is 0. The summed E-state index contributed by atoms with van der Waals surface area (Å²) in [6.45, 7) is 13.5. The molecule has 3 nitrogen and oxygen atoms in total. The summed E-state index contributed by atoms with van der Waals surface area (Å²) >= 11 is 0. The van der Waals surface area contributed by atoms with Gasteiger partial charge >= 0.3 is 0 Å². The summed E-state index contributed by atoms with van der Waals surface area (Å²) in [6, 6.07) is 1.53. The summed E-state index contributed by atoms with van der Waals surface area (Å²) in [5.74, 6) is 0.969. The second-order valence-electron chi connectivity index (χ2n) is 6.99. The van der Waals surface area contributed by atoms with Gasteiger partial charge in [0.2, 0.25) is 0 Å². The van der Waals surface area contributed by atoms with Gasteiger partial charge < -0.3 is 10.2 Å². The fourth-order valence-electron chi connectivity index (χ4n) is 3.96. The van der Waals surface area contributed by atoms with Gasteiger partial charge in [0.15, 0.2) is 0 Å². The first-order valence-corrected chi connectivity index (χ1v) is 7.28. The molecule has 0 radical (unpaired) electrons. The standard InChI is InChI=1S/C14H27N3/c1-11-8-15-14(2,3)10-17(11)13-9-16-6-4-12(13)5-7-16/h11-13,15H,4-10H2,1-3H3. The molecule has 2 unspecified atom stereocenters. The molecule has 0 aliphatic carbocycles. The van der Waals surface area contributed by atoms with Crippen LogP contribution < -0.4 is 5.32 Å². The number of hydrogen-bond acceptors (Lipinski definition) is 3. The van der Waals surface area contributed by atoms with Gasteiger partial charge in [-0.2, -0.15) is 0 Å². The summed E-state index contributed by atoms with van der Waals surface area (Å²) < 4.78 is 0. The molecule has 2 atom stereocenters. The molecule has 1 N–H and O–H groups in total. The van der Waals surface area contributed by atoms with Crippen LogP contribution in [0.25, 0.3) is 0 Å². The van der Waals surface area contributed by atoms with Gasteiger partial charge in [-0.1, -0.05) is 0 Å². The van der Waals surface area contributed by atoms with Gasteiger partial charge in [-0.3, -0.25) is 4.90 Å². The molecule has 0 saturated carbocycles. The smallest absolute Gasteiger partial charge is 0.0256 e. The maximum atomic E-state index is 3.67. The maximum Gasteiger partial charge on any atom is 0.0256 e. The number of hydrogen-bond donors (Lipinski definition) is 1. The first kappa shape index (κ1) is 11.9. The third-order valence-corrected chi connectivity index (χ3v) is 5.07. The van der Waals surface area contributed by atoms with Gasteiger partial charge in [0, 0.05) is 37.3 Å². The van der Waals surface area contributed by atoms with E-state index in [1.54, 1.807) is 0 Å². The second-order valence-corrected chi connectivity index (χ2v) is 6.99. The largest absolute Gasteiger partial charge is 0.309 e. The molecule has 4 rings (SSSR count). The van der Waals surface area contributed by atoms with Gasteiger partial charge in [0.25, 0.3) is 0 Å². The van der Waals surface area contributed by atoms with Crippen LogP contribution in [0.1, 0.15) is 33.6 Å². The van der Waals surface area contributed by atoms with E-state index in [0.29, 0.717) is 11.6 Å². The van der Waals surface area contributed by atoms with Crippen molar-refractivity contribution in [2.45, 2.75) is 51.2 Å². The van der Waals surface area contributed by atoms with Crippen molar-refractivity contribution in [2.75, 3.05) is 32.7 Å². The molecule has 4 aliphatic rings. The molecular formula is C14H27N3.